The number of para-hydroxylation sites is 3. The minimum Gasteiger partial charge on any atom is -0.329 e. The van der Waals surface area contributed by atoms with Gasteiger partial charge in [0, 0.05) is 12.2 Å². The average molecular weight is 430 g/mol. The van der Waals surface area contributed by atoms with Crippen LogP contribution >= 0.6 is 11.8 Å². The zero-order chi connectivity index (χ0) is 21.1. The number of carbonyl (C=O) groups excluding carboxylic acids is 2. The summed E-state index contributed by atoms with van der Waals surface area (Å²) < 4.78 is 27.5. The number of carbonyl (C=O) groups is 2. The fourth-order valence-electron chi connectivity index (χ4n) is 3.69. The lowest BCUT2D eigenvalue weighted by Gasteiger charge is -2.24. The summed E-state index contributed by atoms with van der Waals surface area (Å²) in [7, 11) is 0. The van der Waals surface area contributed by atoms with E-state index >= 15 is 0 Å². The van der Waals surface area contributed by atoms with E-state index in [1.54, 1.807) is 36.4 Å². The van der Waals surface area contributed by atoms with Crippen LogP contribution in [0.2, 0.25) is 0 Å². The Balaban J connectivity index is 1.54. The van der Waals surface area contributed by atoms with Gasteiger partial charge in [0.2, 0.25) is 11.8 Å². The third-order valence-electron chi connectivity index (χ3n) is 5.02. The topological polar surface area (TPSA) is 67.2 Å². The molecule has 2 aromatic carbocycles. The standard InChI is InChI=1S/C21H20F2N4O2S/c22-20(23)30-21-25-15-9-4-5-10-16(15)27(21)13-18(28)26-12-6-11-17(26)19(29)24-14-7-2-1-3-8-14/h1-5,7-10,17,20H,6,11-13H2,(H,24,29)/t17-/m0/s1. The van der Waals surface area contributed by atoms with Crippen LogP contribution in [0, 0.1) is 0 Å². The van der Waals surface area contributed by atoms with E-state index in [2.05, 4.69) is 10.3 Å². The van der Waals surface area contributed by atoms with Crippen LogP contribution in [0.4, 0.5) is 14.5 Å². The van der Waals surface area contributed by atoms with Crippen molar-refractivity contribution in [3.63, 3.8) is 0 Å². The van der Waals surface area contributed by atoms with Crippen molar-refractivity contribution in [2.45, 2.75) is 36.3 Å². The number of hydrogen-bond acceptors (Lipinski definition) is 4. The van der Waals surface area contributed by atoms with Crippen molar-refractivity contribution in [3.05, 3.63) is 54.6 Å². The lowest BCUT2D eigenvalue weighted by atomic mass is 10.2. The number of aromatic nitrogens is 2. The quantitative estimate of drug-likeness (QED) is 0.601. The van der Waals surface area contributed by atoms with Crippen LogP contribution in [0.25, 0.3) is 11.0 Å². The molecule has 3 aromatic rings. The molecule has 4 rings (SSSR count). The van der Waals surface area contributed by atoms with E-state index in [1.807, 2.05) is 18.2 Å². The van der Waals surface area contributed by atoms with Crippen LogP contribution < -0.4 is 5.32 Å². The second kappa shape index (κ2) is 8.83. The Bertz CT molecular complexity index is 1060. The molecule has 0 aliphatic carbocycles. The monoisotopic (exact) mass is 430 g/mol. The number of anilines is 1. The van der Waals surface area contributed by atoms with E-state index in [-0.39, 0.29) is 23.5 Å². The Morgan fingerprint density at radius 1 is 1.13 bits per heavy atom. The second-order valence-corrected chi connectivity index (χ2v) is 7.91. The molecular formula is C21H20F2N4O2S. The third kappa shape index (κ3) is 4.30. The molecule has 0 saturated carbocycles. The second-order valence-electron chi connectivity index (χ2n) is 6.95. The number of benzene rings is 2. The van der Waals surface area contributed by atoms with Gasteiger partial charge < -0.3 is 14.8 Å². The lowest BCUT2D eigenvalue weighted by Crippen LogP contribution is -2.44. The van der Waals surface area contributed by atoms with Gasteiger partial charge in [0.05, 0.1) is 11.0 Å². The molecule has 1 aliphatic heterocycles. The molecule has 30 heavy (non-hydrogen) atoms. The van der Waals surface area contributed by atoms with Gasteiger partial charge in [-0.3, -0.25) is 9.59 Å². The van der Waals surface area contributed by atoms with Crippen molar-refractivity contribution < 1.29 is 18.4 Å². The first-order chi connectivity index (χ1) is 14.5. The Morgan fingerprint density at radius 2 is 1.87 bits per heavy atom. The number of nitrogens with one attached hydrogen (secondary N) is 1. The maximum atomic E-state index is 13.1. The molecule has 9 heteroatoms. The van der Waals surface area contributed by atoms with E-state index in [4.69, 9.17) is 0 Å². The van der Waals surface area contributed by atoms with Crippen LogP contribution in [0.3, 0.4) is 0 Å². The number of nitrogens with zero attached hydrogens (tertiary/aromatic N) is 3. The molecule has 1 N–H and O–H groups in total. The van der Waals surface area contributed by atoms with E-state index in [0.717, 1.165) is 0 Å². The van der Waals surface area contributed by atoms with Crippen molar-refractivity contribution in [1.82, 2.24) is 14.5 Å². The summed E-state index contributed by atoms with van der Waals surface area (Å²) in [4.78, 5) is 31.6. The summed E-state index contributed by atoms with van der Waals surface area (Å²) in [6.45, 7) is 0.306. The molecule has 6 nitrogen and oxygen atoms in total. The number of rotatable bonds is 6. The molecule has 1 saturated heterocycles. The SMILES string of the molecule is O=C(Nc1ccccc1)[C@@H]1CCCN1C(=O)Cn1c(SC(F)F)nc2ccccc21. The molecule has 0 radical (unpaired) electrons. The lowest BCUT2D eigenvalue weighted by molar-refractivity contribution is -0.137. The third-order valence-corrected chi connectivity index (χ3v) is 5.73. The van der Waals surface area contributed by atoms with Crippen LogP contribution in [-0.2, 0) is 16.1 Å². The molecule has 0 bridgehead atoms. The highest BCUT2D eigenvalue weighted by Crippen LogP contribution is 2.29. The first kappa shape index (κ1) is 20.3. The summed E-state index contributed by atoms with van der Waals surface area (Å²) in [5.41, 5.74) is 1.82. The average Bonchev–Trinajstić information content (AvgIpc) is 3.34. The largest absolute Gasteiger partial charge is 0.329 e. The number of alkyl halides is 2. The summed E-state index contributed by atoms with van der Waals surface area (Å²) in [6.07, 6.45) is 1.27. The number of hydrogen-bond donors (Lipinski definition) is 1. The van der Waals surface area contributed by atoms with E-state index in [9.17, 15) is 18.4 Å². The van der Waals surface area contributed by atoms with Crippen LogP contribution in [0.5, 0.6) is 0 Å². The van der Waals surface area contributed by atoms with E-state index < -0.39 is 11.8 Å². The predicted octanol–water partition coefficient (Wildman–Crippen LogP) is 3.98. The molecule has 0 unspecified atom stereocenters. The molecular weight excluding hydrogens is 410 g/mol. The molecule has 0 spiro atoms. The van der Waals surface area contributed by atoms with E-state index in [0.29, 0.717) is 47.9 Å². The highest BCUT2D eigenvalue weighted by Gasteiger charge is 2.34. The highest BCUT2D eigenvalue weighted by atomic mass is 32.2. The molecule has 1 fully saturated rings. The summed E-state index contributed by atoms with van der Waals surface area (Å²) >= 11 is 0.313. The van der Waals surface area contributed by atoms with Crippen LogP contribution in [0.15, 0.2) is 59.8 Å². The van der Waals surface area contributed by atoms with Crippen molar-refractivity contribution in [1.29, 1.82) is 0 Å². The van der Waals surface area contributed by atoms with Crippen molar-refractivity contribution in [2.75, 3.05) is 11.9 Å². The molecule has 156 valence electrons. The zero-order valence-corrected chi connectivity index (χ0v) is 16.8. The molecule has 1 aliphatic rings. The van der Waals surface area contributed by atoms with Gasteiger partial charge in [-0.25, -0.2) is 4.98 Å². The van der Waals surface area contributed by atoms with Gasteiger partial charge in [-0.05, 0) is 48.9 Å². The maximum absolute atomic E-state index is 13.1. The number of imidazole rings is 1. The number of fused-ring (bicyclic) bond motifs is 1. The van der Waals surface area contributed by atoms with Crippen molar-refractivity contribution in [3.8, 4) is 0 Å². The number of amides is 2. The normalized spacial score (nSPS) is 16.4. The van der Waals surface area contributed by atoms with Gasteiger partial charge in [0.15, 0.2) is 5.16 Å². The minimum absolute atomic E-state index is 0.0871. The Kier molecular flexibility index (Phi) is 5.98. The summed E-state index contributed by atoms with van der Waals surface area (Å²) in [5.74, 6) is -3.18. The van der Waals surface area contributed by atoms with Gasteiger partial charge in [0.1, 0.15) is 12.6 Å². The number of halogens is 2. The van der Waals surface area contributed by atoms with E-state index in [1.165, 1.54) is 9.47 Å². The molecule has 2 heterocycles. The van der Waals surface area contributed by atoms with Crippen LogP contribution in [-0.4, -0.2) is 44.6 Å². The first-order valence-corrected chi connectivity index (χ1v) is 10.5. The molecule has 2 amide bonds. The molecule has 1 atom stereocenters. The first-order valence-electron chi connectivity index (χ1n) is 9.58. The van der Waals surface area contributed by atoms with Gasteiger partial charge in [-0.15, -0.1) is 0 Å². The number of likely N-dealkylation sites (tertiary alicyclic amines) is 1. The maximum Gasteiger partial charge on any atom is 0.291 e. The fraction of sp³-hybridized carbons (Fsp3) is 0.286. The smallest absolute Gasteiger partial charge is 0.291 e. The zero-order valence-electron chi connectivity index (χ0n) is 16.0. The summed E-state index contributed by atoms with van der Waals surface area (Å²) in [5, 5.41) is 2.93. The Morgan fingerprint density at radius 3 is 2.63 bits per heavy atom. The van der Waals surface area contributed by atoms with Gasteiger partial charge in [-0.2, -0.15) is 8.78 Å². The fourth-order valence-corrected chi connectivity index (χ4v) is 4.29. The molecule has 1 aromatic heterocycles. The van der Waals surface area contributed by atoms with Gasteiger partial charge in [-0.1, -0.05) is 30.3 Å². The number of thioether (sulfide) groups is 1. The van der Waals surface area contributed by atoms with Crippen molar-refractivity contribution in [2.24, 2.45) is 0 Å². The highest BCUT2D eigenvalue weighted by molar-refractivity contribution is 7.99. The van der Waals surface area contributed by atoms with Crippen LogP contribution in [0.1, 0.15) is 12.8 Å². The predicted molar refractivity (Wildman–Crippen MR) is 111 cm³/mol. The van der Waals surface area contributed by atoms with Crippen molar-refractivity contribution >= 4 is 40.3 Å². The Hall–Kier alpha value is -2.94. The Labute approximate surface area is 176 Å². The van der Waals surface area contributed by atoms with Gasteiger partial charge in [0.25, 0.3) is 5.76 Å². The summed E-state index contributed by atoms with van der Waals surface area (Å²) in [6, 6.07) is 15.5. The minimum atomic E-state index is -2.65. The van der Waals surface area contributed by atoms with Gasteiger partial charge >= 0.3 is 0 Å².